The number of amides is 1. The van der Waals surface area contributed by atoms with E-state index in [0.29, 0.717) is 17.0 Å². The fourth-order valence-electron chi connectivity index (χ4n) is 4.71. The van der Waals surface area contributed by atoms with E-state index in [9.17, 15) is 18.8 Å². The maximum absolute atomic E-state index is 13.8. The van der Waals surface area contributed by atoms with E-state index < -0.39 is 22.8 Å². The molecule has 0 N–H and O–H groups in total. The fourth-order valence-corrected chi connectivity index (χ4v) is 5.96. The van der Waals surface area contributed by atoms with Crippen LogP contribution in [-0.4, -0.2) is 29.0 Å². The number of aromatic nitrogens is 4. The number of thioether (sulfide) groups is 1. The van der Waals surface area contributed by atoms with Crippen molar-refractivity contribution in [2.24, 2.45) is 7.05 Å². The number of anilines is 1. The van der Waals surface area contributed by atoms with Crippen LogP contribution in [0.2, 0.25) is 0 Å². The number of nitrogens with zero attached hydrogens (tertiary/aromatic N) is 5. The molecule has 0 radical (unpaired) electrons. The molecule has 1 fully saturated rings. The summed E-state index contributed by atoms with van der Waals surface area (Å²) >= 11 is 6.53. The maximum atomic E-state index is 13.8. The van der Waals surface area contributed by atoms with Crippen molar-refractivity contribution in [2.45, 2.75) is 13.8 Å². The van der Waals surface area contributed by atoms with Gasteiger partial charge in [-0.05, 0) is 68.0 Å². The summed E-state index contributed by atoms with van der Waals surface area (Å²) in [6, 6.07) is 17.9. The lowest BCUT2D eigenvalue weighted by atomic mass is 10.2. The topological polar surface area (TPSA) is 90.8 Å². The SMILES string of the molecule is Cc1cccn2c(=O)c(/C=C3/SC(=S)N(c4c(C)n(C)n(-c5ccccc5)c4=O)C3=O)c(Oc3ccc(F)cc3)nc12. The van der Waals surface area contributed by atoms with E-state index >= 15 is 0 Å². The Kier molecular flexibility index (Phi) is 6.87. The molecule has 0 bridgehead atoms. The molecule has 0 saturated carbocycles. The van der Waals surface area contributed by atoms with Crippen LogP contribution in [0.1, 0.15) is 16.8 Å². The lowest BCUT2D eigenvalue weighted by Gasteiger charge is -2.13. The molecule has 5 aromatic rings. The molecule has 42 heavy (non-hydrogen) atoms. The molecule has 0 spiro atoms. The average Bonchev–Trinajstić information content (AvgIpc) is 3.37. The first kappa shape index (κ1) is 27.4. The molecule has 0 aliphatic carbocycles. The quantitative estimate of drug-likeness (QED) is 0.204. The van der Waals surface area contributed by atoms with Gasteiger partial charge in [0.05, 0.1) is 16.3 Å². The number of hydrogen-bond donors (Lipinski definition) is 0. The van der Waals surface area contributed by atoms with Crippen molar-refractivity contribution in [3.63, 3.8) is 0 Å². The molecule has 1 aliphatic rings. The number of para-hydroxylation sites is 1. The number of benzene rings is 2. The van der Waals surface area contributed by atoms with Gasteiger partial charge in [-0.3, -0.25) is 28.4 Å². The van der Waals surface area contributed by atoms with Gasteiger partial charge in [0.2, 0.25) is 5.88 Å². The maximum Gasteiger partial charge on any atom is 0.296 e. The van der Waals surface area contributed by atoms with E-state index in [1.165, 1.54) is 44.3 Å². The van der Waals surface area contributed by atoms with Gasteiger partial charge in [-0.15, -0.1) is 0 Å². The number of aryl methyl sites for hydroxylation is 1. The van der Waals surface area contributed by atoms with Crippen molar-refractivity contribution < 1.29 is 13.9 Å². The zero-order valence-electron chi connectivity index (χ0n) is 22.6. The number of rotatable bonds is 5. The molecule has 6 rings (SSSR count). The summed E-state index contributed by atoms with van der Waals surface area (Å²) in [7, 11) is 1.73. The van der Waals surface area contributed by atoms with E-state index in [-0.39, 0.29) is 32.1 Å². The highest BCUT2D eigenvalue weighted by molar-refractivity contribution is 8.27. The summed E-state index contributed by atoms with van der Waals surface area (Å²) in [5.74, 6) is -0.813. The second-order valence-electron chi connectivity index (χ2n) is 9.50. The van der Waals surface area contributed by atoms with E-state index in [4.69, 9.17) is 17.0 Å². The molecule has 9 nitrogen and oxygen atoms in total. The standard InChI is InChI=1S/C30H22FN5O4S2/c1-17-8-7-15-34-25(17)32-26(40-21-13-11-19(31)12-14-21)22(27(34)37)16-23-28(38)35(30(41)42-23)24-18(2)33(3)36(29(24)39)20-9-5-4-6-10-20/h4-16H,1-3H3/b23-16+. The Morgan fingerprint density at radius 1 is 0.952 bits per heavy atom. The third kappa shape index (κ3) is 4.54. The van der Waals surface area contributed by atoms with Gasteiger partial charge < -0.3 is 4.74 Å². The summed E-state index contributed by atoms with van der Waals surface area (Å²) < 4.78 is 24.1. The minimum Gasteiger partial charge on any atom is -0.438 e. The fraction of sp³-hybridized carbons (Fsp3) is 0.100. The second kappa shape index (κ2) is 10.5. The van der Waals surface area contributed by atoms with Crippen LogP contribution in [0.3, 0.4) is 0 Å². The van der Waals surface area contributed by atoms with E-state index in [0.717, 1.165) is 17.3 Å². The zero-order valence-corrected chi connectivity index (χ0v) is 24.2. The van der Waals surface area contributed by atoms with Crippen LogP contribution in [-0.2, 0) is 11.8 Å². The van der Waals surface area contributed by atoms with E-state index in [2.05, 4.69) is 4.98 Å². The number of halogens is 1. The molecular formula is C30H22FN5O4S2. The molecule has 3 aromatic heterocycles. The van der Waals surface area contributed by atoms with Gasteiger partial charge >= 0.3 is 0 Å². The Morgan fingerprint density at radius 3 is 2.38 bits per heavy atom. The summed E-state index contributed by atoms with van der Waals surface area (Å²) in [6.07, 6.45) is 2.94. The first-order valence-electron chi connectivity index (χ1n) is 12.7. The van der Waals surface area contributed by atoms with Crippen molar-refractivity contribution in [2.75, 3.05) is 4.90 Å². The first-order chi connectivity index (χ1) is 20.2. The van der Waals surface area contributed by atoms with Crippen LogP contribution < -0.4 is 20.8 Å². The average molecular weight is 600 g/mol. The van der Waals surface area contributed by atoms with Crippen LogP contribution in [0.4, 0.5) is 10.1 Å². The normalized spacial score (nSPS) is 14.4. The summed E-state index contributed by atoms with van der Waals surface area (Å²) in [5.41, 5.74) is 1.48. The third-order valence-corrected chi connectivity index (χ3v) is 8.20. The number of carbonyl (C=O) groups excluding carboxylic acids is 1. The predicted octanol–water partition coefficient (Wildman–Crippen LogP) is 5.14. The second-order valence-corrected chi connectivity index (χ2v) is 11.2. The number of hydrogen-bond acceptors (Lipinski definition) is 7. The highest BCUT2D eigenvalue weighted by Crippen LogP contribution is 2.37. The molecule has 1 aliphatic heterocycles. The van der Waals surface area contributed by atoms with Crippen molar-refractivity contribution >= 4 is 51.6 Å². The molecule has 1 saturated heterocycles. The van der Waals surface area contributed by atoms with Crippen LogP contribution in [0.25, 0.3) is 17.4 Å². The lowest BCUT2D eigenvalue weighted by molar-refractivity contribution is -0.113. The number of ether oxygens (including phenoxy) is 1. The molecule has 12 heteroatoms. The predicted molar refractivity (Wildman–Crippen MR) is 164 cm³/mol. The lowest BCUT2D eigenvalue weighted by Crippen LogP contribution is -2.33. The molecule has 4 heterocycles. The Labute approximate surface area is 248 Å². The van der Waals surface area contributed by atoms with E-state index in [1.807, 2.05) is 18.2 Å². The van der Waals surface area contributed by atoms with Crippen LogP contribution in [0.5, 0.6) is 11.6 Å². The van der Waals surface area contributed by atoms with Gasteiger partial charge in [-0.1, -0.05) is 48.2 Å². The van der Waals surface area contributed by atoms with Gasteiger partial charge in [0.25, 0.3) is 17.0 Å². The van der Waals surface area contributed by atoms with Gasteiger partial charge in [0, 0.05) is 13.2 Å². The van der Waals surface area contributed by atoms with Crippen molar-refractivity contribution in [3.8, 4) is 17.3 Å². The molecule has 210 valence electrons. The Balaban J connectivity index is 1.47. The summed E-state index contributed by atoms with van der Waals surface area (Å²) in [6.45, 7) is 3.54. The molecule has 1 amide bonds. The molecular weight excluding hydrogens is 577 g/mol. The minimum absolute atomic E-state index is 0.00518. The Hall–Kier alpha value is -4.81. The number of carbonyl (C=O) groups is 1. The largest absolute Gasteiger partial charge is 0.438 e. The van der Waals surface area contributed by atoms with Crippen molar-refractivity contribution in [1.29, 1.82) is 0 Å². The van der Waals surface area contributed by atoms with E-state index in [1.54, 1.807) is 56.0 Å². The Bertz CT molecular complexity index is 2060. The van der Waals surface area contributed by atoms with Crippen molar-refractivity contribution in [1.82, 2.24) is 18.7 Å². The smallest absolute Gasteiger partial charge is 0.296 e. The highest BCUT2D eigenvalue weighted by atomic mass is 32.2. The monoisotopic (exact) mass is 599 g/mol. The van der Waals surface area contributed by atoms with Crippen LogP contribution in [0.15, 0.2) is 87.4 Å². The molecule has 0 atom stereocenters. The molecule has 2 aromatic carbocycles. The number of pyridine rings is 1. The molecule has 0 unspecified atom stereocenters. The summed E-state index contributed by atoms with van der Waals surface area (Å²) in [5, 5.41) is 0. The third-order valence-electron chi connectivity index (χ3n) is 6.89. The van der Waals surface area contributed by atoms with Gasteiger partial charge in [-0.2, -0.15) is 4.98 Å². The summed E-state index contributed by atoms with van der Waals surface area (Å²) in [4.78, 5) is 47.0. The van der Waals surface area contributed by atoms with Gasteiger partial charge in [-0.25, -0.2) is 9.07 Å². The number of fused-ring (bicyclic) bond motifs is 1. The van der Waals surface area contributed by atoms with Crippen molar-refractivity contribution in [3.05, 3.63) is 121 Å². The minimum atomic E-state index is -0.558. The van der Waals surface area contributed by atoms with Gasteiger partial charge in [0.15, 0.2) is 4.32 Å². The van der Waals surface area contributed by atoms with Crippen LogP contribution in [0, 0.1) is 19.7 Å². The van der Waals surface area contributed by atoms with Crippen LogP contribution >= 0.6 is 24.0 Å². The van der Waals surface area contributed by atoms with Gasteiger partial charge in [0.1, 0.15) is 28.5 Å². The first-order valence-corrected chi connectivity index (χ1v) is 14.0. The zero-order chi connectivity index (χ0) is 29.7. The highest BCUT2D eigenvalue weighted by Gasteiger charge is 2.38. The Morgan fingerprint density at radius 2 is 1.67 bits per heavy atom. The number of thiocarbonyl (C=S) groups is 1.